The maximum atomic E-state index is 12.9. The Morgan fingerprint density at radius 1 is 1.08 bits per heavy atom. The van der Waals surface area contributed by atoms with Crippen LogP contribution in [0.25, 0.3) is 0 Å². The Hall–Kier alpha value is -3.26. The van der Waals surface area contributed by atoms with E-state index in [0.717, 1.165) is 4.90 Å². The van der Waals surface area contributed by atoms with Gasteiger partial charge in [-0.05, 0) is 24.3 Å². The number of rotatable bonds is 3. The third-order valence-electron chi connectivity index (χ3n) is 4.28. The minimum Gasteiger partial charge on any atom is -0.381 e. The Bertz CT molecular complexity index is 973. The molecule has 2 atom stereocenters. The highest BCUT2D eigenvalue weighted by atomic mass is 35.5. The highest BCUT2D eigenvalue weighted by molar-refractivity contribution is 6.38. The summed E-state index contributed by atoms with van der Waals surface area (Å²) >= 11 is 6.11. The summed E-state index contributed by atoms with van der Waals surface area (Å²) in [7, 11) is 0. The van der Waals surface area contributed by atoms with Crippen LogP contribution in [-0.2, 0) is 14.4 Å². The Labute approximate surface area is 151 Å². The van der Waals surface area contributed by atoms with Gasteiger partial charge in [0, 0.05) is 17.7 Å². The van der Waals surface area contributed by atoms with Crippen molar-refractivity contribution in [2.75, 3.05) is 4.90 Å². The Balaban J connectivity index is 1.69. The molecule has 1 saturated heterocycles. The van der Waals surface area contributed by atoms with Crippen molar-refractivity contribution in [1.29, 1.82) is 0 Å². The highest BCUT2D eigenvalue weighted by Crippen LogP contribution is 2.37. The SMILES string of the molecule is O=C1[C@@H]2C(c3ccc([N+](=O)[O-])cc3)=NO[C@H]2C(=O)N1c1ccccc1Cl. The topological polar surface area (TPSA) is 102 Å². The van der Waals surface area contributed by atoms with Gasteiger partial charge in [0.05, 0.1) is 15.6 Å². The number of carbonyl (C=O) groups is 2. The molecular formula is C17H10ClN3O5. The number of benzene rings is 2. The number of amides is 2. The van der Waals surface area contributed by atoms with Gasteiger partial charge in [0.2, 0.25) is 12.0 Å². The number of carbonyl (C=O) groups excluding carboxylic acids is 2. The lowest BCUT2D eigenvalue weighted by molar-refractivity contribution is -0.384. The van der Waals surface area contributed by atoms with Gasteiger partial charge >= 0.3 is 0 Å². The largest absolute Gasteiger partial charge is 0.381 e. The van der Waals surface area contributed by atoms with Crippen LogP contribution in [0.5, 0.6) is 0 Å². The third kappa shape index (κ3) is 2.34. The summed E-state index contributed by atoms with van der Waals surface area (Å²) < 4.78 is 0. The quantitative estimate of drug-likeness (QED) is 0.468. The van der Waals surface area contributed by atoms with E-state index in [1.807, 2.05) is 0 Å². The molecule has 2 heterocycles. The zero-order chi connectivity index (χ0) is 18.4. The highest BCUT2D eigenvalue weighted by Gasteiger charge is 2.56. The minimum atomic E-state index is -1.07. The number of para-hydroxylation sites is 1. The van der Waals surface area contributed by atoms with E-state index in [1.165, 1.54) is 24.3 Å². The van der Waals surface area contributed by atoms with Crippen LogP contribution in [0.3, 0.4) is 0 Å². The maximum absolute atomic E-state index is 12.9. The monoisotopic (exact) mass is 371 g/mol. The van der Waals surface area contributed by atoms with Gasteiger partial charge in [0.25, 0.3) is 11.6 Å². The van der Waals surface area contributed by atoms with E-state index in [1.54, 1.807) is 24.3 Å². The van der Waals surface area contributed by atoms with Crippen molar-refractivity contribution in [3.8, 4) is 0 Å². The predicted molar refractivity (Wildman–Crippen MR) is 91.9 cm³/mol. The van der Waals surface area contributed by atoms with Gasteiger partial charge in [-0.2, -0.15) is 0 Å². The second-order valence-electron chi connectivity index (χ2n) is 5.75. The zero-order valence-corrected chi connectivity index (χ0v) is 13.8. The normalized spacial score (nSPS) is 21.4. The fourth-order valence-corrected chi connectivity index (χ4v) is 3.26. The maximum Gasteiger partial charge on any atom is 0.279 e. The molecule has 0 aliphatic carbocycles. The molecule has 0 saturated carbocycles. The summed E-state index contributed by atoms with van der Waals surface area (Å²) in [4.78, 5) is 42.0. The number of fused-ring (bicyclic) bond motifs is 1. The lowest BCUT2D eigenvalue weighted by atomic mass is 9.94. The Kier molecular flexibility index (Phi) is 3.69. The molecule has 1 fully saturated rings. The van der Waals surface area contributed by atoms with Gasteiger partial charge in [-0.25, -0.2) is 4.90 Å². The number of nitro benzene ring substituents is 1. The Morgan fingerprint density at radius 2 is 1.77 bits per heavy atom. The lowest BCUT2D eigenvalue weighted by Gasteiger charge is -2.16. The third-order valence-corrected chi connectivity index (χ3v) is 4.60. The van der Waals surface area contributed by atoms with Gasteiger partial charge in [-0.15, -0.1) is 0 Å². The van der Waals surface area contributed by atoms with E-state index in [4.69, 9.17) is 16.4 Å². The lowest BCUT2D eigenvalue weighted by Crippen LogP contribution is -2.33. The number of hydrogen-bond acceptors (Lipinski definition) is 6. The standard InChI is InChI=1S/C17H10ClN3O5/c18-11-3-1-2-4-12(11)20-16(22)13-14(19-26-15(13)17(20)23)9-5-7-10(8-6-9)21(24)25/h1-8,13,15H/t13-,15-/m1/s1. The van der Waals surface area contributed by atoms with Gasteiger partial charge < -0.3 is 4.84 Å². The average Bonchev–Trinajstić information content (AvgIpc) is 3.17. The van der Waals surface area contributed by atoms with Gasteiger partial charge in [-0.3, -0.25) is 19.7 Å². The summed E-state index contributed by atoms with van der Waals surface area (Å²) in [6, 6.07) is 12.1. The van der Waals surface area contributed by atoms with Crippen molar-refractivity contribution < 1.29 is 19.3 Å². The number of oxime groups is 1. The molecule has 2 amide bonds. The molecule has 2 aromatic carbocycles. The first-order valence-electron chi connectivity index (χ1n) is 7.60. The number of non-ortho nitro benzene ring substituents is 1. The van der Waals surface area contributed by atoms with E-state index < -0.39 is 28.8 Å². The molecule has 0 N–H and O–H groups in total. The van der Waals surface area contributed by atoms with E-state index in [9.17, 15) is 19.7 Å². The molecule has 26 heavy (non-hydrogen) atoms. The van der Waals surface area contributed by atoms with Crippen LogP contribution < -0.4 is 4.90 Å². The number of nitro groups is 1. The molecule has 0 bridgehead atoms. The number of hydrogen-bond donors (Lipinski definition) is 0. The van der Waals surface area contributed by atoms with E-state index >= 15 is 0 Å². The summed E-state index contributed by atoms with van der Waals surface area (Å²) in [6.45, 7) is 0. The van der Waals surface area contributed by atoms with E-state index in [-0.39, 0.29) is 22.1 Å². The first-order chi connectivity index (χ1) is 12.5. The molecule has 2 aliphatic rings. The molecule has 0 aromatic heterocycles. The summed E-state index contributed by atoms with van der Waals surface area (Å²) in [5.74, 6) is -1.96. The second kappa shape index (κ2) is 5.92. The van der Waals surface area contributed by atoms with Gasteiger partial charge in [0.1, 0.15) is 11.6 Å². The molecule has 0 unspecified atom stereocenters. The van der Waals surface area contributed by atoms with Crippen molar-refractivity contribution in [2.24, 2.45) is 11.1 Å². The summed E-state index contributed by atoms with van der Waals surface area (Å²) in [5, 5.41) is 14.9. The number of nitrogens with zero attached hydrogens (tertiary/aromatic N) is 3. The average molecular weight is 372 g/mol. The van der Waals surface area contributed by atoms with Crippen molar-refractivity contribution in [3.05, 3.63) is 69.2 Å². The van der Waals surface area contributed by atoms with Crippen molar-refractivity contribution in [3.63, 3.8) is 0 Å². The number of halogens is 1. The van der Waals surface area contributed by atoms with Crippen molar-refractivity contribution >= 4 is 40.5 Å². The van der Waals surface area contributed by atoms with Crippen LogP contribution in [0.4, 0.5) is 11.4 Å². The molecule has 8 nitrogen and oxygen atoms in total. The minimum absolute atomic E-state index is 0.0867. The first-order valence-corrected chi connectivity index (χ1v) is 7.97. The molecule has 2 aromatic rings. The van der Waals surface area contributed by atoms with Crippen LogP contribution >= 0.6 is 11.6 Å². The summed E-state index contributed by atoms with van der Waals surface area (Å²) in [5.41, 5.74) is 0.935. The smallest absolute Gasteiger partial charge is 0.279 e. The van der Waals surface area contributed by atoms with Crippen molar-refractivity contribution in [1.82, 2.24) is 0 Å². The molecule has 4 rings (SSSR count). The van der Waals surface area contributed by atoms with Crippen molar-refractivity contribution in [2.45, 2.75) is 6.10 Å². The molecule has 0 spiro atoms. The number of imide groups is 1. The summed E-state index contributed by atoms with van der Waals surface area (Å²) in [6.07, 6.45) is -1.07. The fourth-order valence-electron chi connectivity index (χ4n) is 3.04. The molecule has 2 aliphatic heterocycles. The molecule has 130 valence electrons. The zero-order valence-electron chi connectivity index (χ0n) is 13.0. The van der Waals surface area contributed by atoms with Crippen LogP contribution in [0.2, 0.25) is 5.02 Å². The number of anilines is 1. The van der Waals surface area contributed by atoms with Crippen LogP contribution in [0.15, 0.2) is 53.7 Å². The molecule has 0 radical (unpaired) electrons. The van der Waals surface area contributed by atoms with Crippen LogP contribution in [-0.4, -0.2) is 28.6 Å². The van der Waals surface area contributed by atoms with Gasteiger partial charge in [-0.1, -0.05) is 28.9 Å². The molecular weight excluding hydrogens is 362 g/mol. The molecule has 9 heteroatoms. The second-order valence-corrected chi connectivity index (χ2v) is 6.15. The Morgan fingerprint density at radius 3 is 2.42 bits per heavy atom. The fraction of sp³-hybridized carbons (Fsp3) is 0.118. The first kappa shape index (κ1) is 16.2. The van der Waals surface area contributed by atoms with Crippen LogP contribution in [0, 0.1) is 16.0 Å². The van der Waals surface area contributed by atoms with E-state index in [2.05, 4.69) is 5.16 Å². The van der Waals surface area contributed by atoms with Gasteiger partial charge in [0.15, 0.2) is 0 Å². The van der Waals surface area contributed by atoms with E-state index in [0.29, 0.717) is 5.56 Å². The predicted octanol–water partition coefficient (Wildman–Crippen LogP) is 2.54. The van der Waals surface area contributed by atoms with Crippen LogP contribution in [0.1, 0.15) is 5.56 Å².